The van der Waals surface area contributed by atoms with Gasteiger partial charge >= 0.3 is 5.97 Å². The van der Waals surface area contributed by atoms with Crippen LogP contribution in [0.2, 0.25) is 0 Å². The van der Waals surface area contributed by atoms with Crippen LogP contribution in [0.25, 0.3) is 0 Å². The van der Waals surface area contributed by atoms with Crippen molar-refractivity contribution in [1.82, 2.24) is 4.90 Å². The first-order chi connectivity index (χ1) is 11.2. The lowest BCUT2D eigenvalue weighted by atomic mass is 10.1. The van der Waals surface area contributed by atoms with E-state index in [1.54, 1.807) is 0 Å². The highest BCUT2D eigenvalue weighted by Crippen LogP contribution is 2.11. The van der Waals surface area contributed by atoms with Crippen molar-refractivity contribution in [2.24, 2.45) is 0 Å². The first kappa shape index (κ1) is 22.4. The van der Waals surface area contributed by atoms with Crippen molar-refractivity contribution in [3.05, 3.63) is 0 Å². The highest BCUT2D eigenvalue weighted by atomic mass is 16.4. The minimum absolute atomic E-state index is 0.291. The minimum atomic E-state index is -0.899. The number of nitrogens with zero attached hydrogens (tertiary/aromatic N) is 1. The first-order valence-corrected chi connectivity index (χ1v) is 9.75. The molecule has 0 saturated carbocycles. The second-order valence-electron chi connectivity index (χ2n) is 6.61. The van der Waals surface area contributed by atoms with Crippen molar-refractivity contribution in [3.8, 4) is 0 Å². The second kappa shape index (κ2) is 16.3. The lowest BCUT2D eigenvalue weighted by Crippen LogP contribution is -2.44. The van der Waals surface area contributed by atoms with Gasteiger partial charge in [0, 0.05) is 0 Å². The summed E-state index contributed by atoms with van der Waals surface area (Å²) in [4.78, 5) is 13.3. The molecule has 4 heteroatoms. The molecule has 0 spiro atoms. The summed E-state index contributed by atoms with van der Waals surface area (Å²) >= 11 is 0. The van der Waals surface area contributed by atoms with E-state index in [0.717, 1.165) is 38.8 Å². The normalized spacial score (nSPS) is 12.7. The third kappa shape index (κ3) is 12.5. The molecule has 0 radical (unpaired) electrons. The lowest BCUT2D eigenvalue weighted by Gasteiger charge is -2.27. The van der Waals surface area contributed by atoms with Gasteiger partial charge in [0.25, 0.3) is 0 Å². The Morgan fingerprint density at radius 1 is 0.783 bits per heavy atom. The Morgan fingerprint density at radius 3 is 1.52 bits per heavy atom. The van der Waals surface area contributed by atoms with Crippen LogP contribution >= 0.6 is 0 Å². The quantitative estimate of drug-likeness (QED) is 0.387. The molecule has 0 aromatic rings. The van der Waals surface area contributed by atoms with Gasteiger partial charge in [-0.2, -0.15) is 0 Å². The zero-order valence-electron chi connectivity index (χ0n) is 15.4. The number of aliphatic hydroxyl groups excluding tert-OH is 1. The molecule has 0 aromatic heterocycles. The number of aliphatic carboxylic acids is 1. The van der Waals surface area contributed by atoms with Crippen molar-refractivity contribution in [1.29, 1.82) is 0 Å². The molecule has 23 heavy (non-hydrogen) atoms. The van der Waals surface area contributed by atoms with Gasteiger partial charge in [0.05, 0.1) is 6.61 Å². The van der Waals surface area contributed by atoms with Gasteiger partial charge in [-0.25, -0.2) is 0 Å². The van der Waals surface area contributed by atoms with Crippen molar-refractivity contribution in [2.75, 3.05) is 19.7 Å². The Labute approximate surface area is 143 Å². The number of rotatable bonds is 17. The summed E-state index contributed by atoms with van der Waals surface area (Å²) in [6, 6.07) is -0.735. The zero-order chi connectivity index (χ0) is 17.3. The standard InChI is InChI=1S/C19H39NO3/c1-3-5-7-9-11-13-15-20(18(17-21)19(22)23)16-14-12-10-8-6-4-2/h18,21H,3-17H2,1-2H3,(H,22,23)/t18-/m1/s1. The van der Waals surface area contributed by atoms with Crippen molar-refractivity contribution in [3.63, 3.8) is 0 Å². The van der Waals surface area contributed by atoms with Crippen LogP contribution in [0.4, 0.5) is 0 Å². The van der Waals surface area contributed by atoms with Gasteiger partial charge in [-0.15, -0.1) is 0 Å². The van der Waals surface area contributed by atoms with E-state index in [4.69, 9.17) is 0 Å². The van der Waals surface area contributed by atoms with Crippen molar-refractivity contribution in [2.45, 2.75) is 96.9 Å². The van der Waals surface area contributed by atoms with Crippen LogP contribution in [-0.4, -0.2) is 46.8 Å². The molecule has 0 aliphatic carbocycles. The first-order valence-electron chi connectivity index (χ1n) is 9.75. The molecular weight excluding hydrogens is 290 g/mol. The van der Waals surface area contributed by atoms with Crippen molar-refractivity contribution >= 4 is 5.97 Å². The summed E-state index contributed by atoms with van der Waals surface area (Å²) in [5, 5.41) is 18.7. The zero-order valence-corrected chi connectivity index (χ0v) is 15.4. The number of carboxylic acid groups (broad SMARTS) is 1. The second-order valence-corrected chi connectivity index (χ2v) is 6.61. The van der Waals surface area contributed by atoms with E-state index >= 15 is 0 Å². The van der Waals surface area contributed by atoms with Crippen LogP contribution in [0.1, 0.15) is 90.9 Å². The fourth-order valence-electron chi connectivity index (χ4n) is 2.96. The maximum atomic E-state index is 11.3. The topological polar surface area (TPSA) is 60.8 Å². The van der Waals surface area contributed by atoms with Gasteiger partial charge < -0.3 is 10.2 Å². The number of carbonyl (C=O) groups is 1. The maximum absolute atomic E-state index is 11.3. The minimum Gasteiger partial charge on any atom is -0.480 e. The third-order valence-corrected chi connectivity index (χ3v) is 4.50. The summed E-state index contributed by atoms with van der Waals surface area (Å²) in [6.07, 6.45) is 14.5. The summed E-state index contributed by atoms with van der Waals surface area (Å²) < 4.78 is 0. The van der Waals surface area contributed by atoms with Crippen LogP contribution in [-0.2, 0) is 4.79 Å². The molecule has 1 atom stereocenters. The summed E-state index contributed by atoms with van der Waals surface area (Å²) in [5.74, 6) is -0.899. The largest absolute Gasteiger partial charge is 0.480 e. The van der Waals surface area contributed by atoms with Gasteiger partial charge in [-0.3, -0.25) is 9.69 Å². The van der Waals surface area contributed by atoms with Crippen LogP contribution < -0.4 is 0 Å². The fraction of sp³-hybridized carbons (Fsp3) is 0.947. The third-order valence-electron chi connectivity index (χ3n) is 4.50. The molecule has 0 rings (SSSR count). The summed E-state index contributed by atoms with van der Waals surface area (Å²) in [7, 11) is 0. The Balaban J connectivity index is 4.06. The fourth-order valence-corrected chi connectivity index (χ4v) is 2.96. The van der Waals surface area contributed by atoms with E-state index in [1.165, 1.54) is 51.4 Å². The van der Waals surface area contributed by atoms with E-state index in [9.17, 15) is 15.0 Å². The number of hydrogen-bond donors (Lipinski definition) is 2. The predicted molar refractivity (Wildman–Crippen MR) is 96.8 cm³/mol. The molecule has 0 saturated heterocycles. The van der Waals surface area contributed by atoms with Crippen LogP contribution in [0, 0.1) is 0 Å². The summed E-state index contributed by atoms with van der Waals surface area (Å²) in [6.45, 7) is 5.71. The van der Waals surface area contributed by atoms with Gasteiger partial charge in [0.15, 0.2) is 0 Å². The average Bonchev–Trinajstić information content (AvgIpc) is 2.53. The molecule has 0 aliphatic heterocycles. The van der Waals surface area contributed by atoms with Crippen LogP contribution in [0.5, 0.6) is 0 Å². The monoisotopic (exact) mass is 329 g/mol. The molecule has 0 amide bonds. The molecule has 0 bridgehead atoms. The number of hydrogen-bond acceptors (Lipinski definition) is 3. The molecule has 2 N–H and O–H groups in total. The Hall–Kier alpha value is -0.610. The van der Waals surface area contributed by atoms with Crippen molar-refractivity contribution < 1.29 is 15.0 Å². The smallest absolute Gasteiger partial charge is 0.323 e. The van der Waals surface area contributed by atoms with Crippen LogP contribution in [0.15, 0.2) is 0 Å². The molecular formula is C19H39NO3. The Morgan fingerprint density at radius 2 is 1.17 bits per heavy atom. The highest BCUT2D eigenvalue weighted by Gasteiger charge is 2.23. The highest BCUT2D eigenvalue weighted by molar-refractivity contribution is 5.73. The molecule has 0 fully saturated rings. The van der Waals surface area contributed by atoms with E-state index in [-0.39, 0.29) is 6.61 Å². The van der Waals surface area contributed by atoms with Gasteiger partial charge in [-0.05, 0) is 25.9 Å². The van der Waals surface area contributed by atoms with Crippen LogP contribution in [0.3, 0.4) is 0 Å². The number of carboxylic acids is 1. The maximum Gasteiger partial charge on any atom is 0.323 e. The van der Waals surface area contributed by atoms with Gasteiger partial charge in [-0.1, -0.05) is 78.1 Å². The SMILES string of the molecule is CCCCCCCCN(CCCCCCCC)[C@H](CO)C(=O)O. The van der Waals surface area contributed by atoms with E-state index in [0.29, 0.717) is 0 Å². The van der Waals surface area contributed by atoms with E-state index in [2.05, 4.69) is 13.8 Å². The Kier molecular flexibility index (Phi) is 15.8. The number of aliphatic hydroxyl groups is 1. The summed E-state index contributed by atoms with van der Waals surface area (Å²) in [5.41, 5.74) is 0. The molecule has 138 valence electrons. The average molecular weight is 330 g/mol. The molecule has 4 nitrogen and oxygen atoms in total. The lowest BCUT2D eigenvalue weighted by molar-refractivity contribution is -0.145. The van der Waals surface area contributed by atoms with Gasteiger partial charge in [0.1, 0.15) is 6.04 Å². The molecule has 0 heterocycles. The molecule has 0 unspecified atom stereocenters. The molecule has 0 aromatic carbocycles. The predicted octanol–water partition coefficient (Wildman–Crippen LogP) is 4.45. The molecule has 0 aliphatic rings. The van der Waals surface area contributed by atoms with E-state index < -0.39 is 12.0 Å². The number of unbranched alkanes of at least 4 members (excludes halogenated alkanes) is 10. The Bertz CT molecular complexity index is 255. The van der Waals surface area contributed by atoms with Gasteiger partial charge in [0.2, 0.25) is 0 Å². The van der Waals surface area contributed by atoms with E-state index in [1.807, 2.05) is 4.90 Å².